The minimum absolute atomic E-state index is 0.148. The molecule has 6 nitrogen and oxygen atoms in total. The maximum absolute atomic E-state index is 12.2. The van der Waals surface area contributed by atoms with Crippen LogP contribution >= 0.6 is 15.9 Å². The highest BCUT2D eigenvalue weighted by Crippen LogP contribution is 2.29. The zero-order valence-corrected chi connectivity index (χ0v) is 14.0. The number of benzene rings is 1. The van der Waals surface area contributed by atoms with Crippen LogP contribution in [0.1, 0.15) is 5.69 Å². The summed E-state index contributed by atoms with van der Waals surface area (Å²) in [6.07, 6.45) is 4.82. The van der Waals surface area contributed by atoms with Crippen LogP contribution in [-0.4, -0.2) is 19.9 Å². The van der Waals surface area contributed by atoms with Crippen LogP contribution in [0.2, 0.25) is 0 Å². The topological polar surface area (TPSA) is 83.6 Å². The Morgan fingerprint density at radius 3 is 2.92 bits per heavy atom. The monoisotopic (exact) mass is 381 g/mol. The Balaban J connectivity index is 1.89. The first-order valence-electron chi connectivity index (χ1n) is 7.32. The quantitative estimate of drug-likeness (QED) is 0.532. The number of nitrogens with zero attached hydrogens (tertiary/aromatic N) is 3. The summed E-state index contributed by atoms with van der Waals surface area (Å²) in [6.45, 7) is 0.523. The molecular formula is C17H12BrN5O. The number of pyridine rings is 2. The number of halogens is 1. The second kappa shape index (κ2) is 6.01. The molecule has 3 aromatic heterocycles. The fraction of sp³-hybridized carbons (Fsp3) is 0.0588. The number of nitrogens with one attached hydrogen (secondary N) is 2. The summed E-state index contributed by atoms with van der Waals surface area (Å²) in [5, 5.41) is 5.62. The van der Waals surface area contributed by atoms with E-state index in [-0.39, 0.29) is 5.56 Å². The van der Waals surface area contributed by atoms with Gasteiger partial charge in [-0.25, -0.2) is 15.0 Å². The molecule has 0 spiro atoms. The lowest BCUT2D eigenvalue weighted by Gasteiger charge is -2.11. The van der Waals surface area contributed by atoms with Crippen LogP contribution in [0.5, 0.6) is 0 Å². The van der Waals surface area contributed by atoms with Crippen molar-refractivity contribution in [2.45, 2.75) is 6.54 Å². The summed E-state index contributed by atoms with van der Waals surface area (Å²) in [5.41, 5.74) is 1.36. The first kappa shape index (κ1) is 14.8. The van der Waals surface area contributed by atoms with Crippen LogP contribution in [-0.2, 0) is 6.54 Å². The Morgan fingerprint density at radius 1 is 1.17 bits per heavy atom. The molecule has 0 aliphatic heterocycles. The summed E-state index contributed by atoms with van der Waals surface area (Å²) in [5.74, 6) is 0.717. The van der Waals surface area contributed by atoms with Crippen molar-refractivity contribution in [2.24, 2.45) is 0 Å². The number of hydrogen-bond acceptors (Lipinski definition) is 5. The molecule has 0 atom stereocenters. The van der Waals surface area contributed by atoms with Gasteiger partial charge in [0.05, 0.1) is 23.1 Å². The third-order valence-electron chi connectivity index (χ3n) is 3.76. The summed E-state index contributed by atoms with van der Waals surface area (Å²) < 4.78 is 0.910. The third kappa shape index (κ3) is 2.63. The van der Waals surface area contributed by atoms with Gasteiger partial charge in [0, 0.05) is 27.6 Å². The Bertz CT molecular complexity index is 1090. The normalized spacial score (nSPS) is 11.0. The molecular weight excluding hydrogens is 370 g/mol. The third-order valence-corrected chi connectivity index (χ3v) is 4.25. The molecule has 118 valence electrons. The summed E-state index contributed by atoms with van der Waals surface area (Å²) in [4.78, 5) is 27.7. The van der Waals surface area contributed by atoms with E-state index in [0.717, 1.165) is 20.9 Å². The van der Waals surface area contributed by atoms with Crippen molar-refractivity contribution in [2.75, 3.05) is 5.32 Å². The molecule has 3 heterocycles. The van der Waals surface area contributed by atoms with Crippen molar-refractivity contribution in [3.8, 4) is 0 Å². The van der Waals surface area contributed by atoms with Gasteiger partial charge in [0.2, 0.25) is 0 Å². The van der Waals surface area contributed by atoms with E-state index in [4.69, 9.17) is 0 Å². The number of hydrogen-bond donors (Lipinski definition) is 2. The largest absolute Gasteiger partial charge is 0.364 e. The number of aromatic amines is 1. The van der Waals surface area contributed by atoms with Gasteiger partial charge in [-0.2, -0.15) is 0 Å². The molecule has 0 fully saturated rings. The van der Waals surface area contributed by atoms with Crippen LogP contribution < -0.4 is 10.9 Å². The maximum Gasteiger partial charge on any atom is 0.258 e. The molecule has 0 aliphatic carbocycles. The maximum atomic E-state index is 12.2. The van der Waals surface area contributed by atoms with Crippen molar-refractivity contribution in [1.29, 1.82) is 0 Å². The van der Waals surface area contributed by atoms with Gasteiger partial charge >= 0.3 is 0 Å². The molecule has 2 N–H and O–H groups in total. The van der Waals surface area contributed by atoms with E-state index in [0.29, 0.717) is 23.3 Å². The molecule has 0 radical (unpaired) electrons. The Kier molecular flexibility index (Phi) is 3.70. The van der Waals surface area contributed by atoms with E-state index in [1.54, 1.807) is 18.5 Å². The average Bonchev–Trinajstić information content (AvgIpc) is 2.60. The van der Waals surface area contributed by atoms with Crippen molar-refractivity contribution in [3.05, 3.63) is 69.6 Å². The van der Waals surface area contributed by atoms with Crippen LogP contribution in [0, 0.1) is 0 Å². The van der Waals surface area contributed by atoms with Gasteiger partial charge in [-0.05, 0) is 30.3 Å². The predicted molar refractivity (Wildman–Crippen MR) is 96.9 cm³/mol. The van der Waals surface area contributed by atoms with Gasteiger partial charge in [0.1, 0.15) is 12.1 Å². The number of aromatic nitrogens is 4. The number of rotatable bonds is 3. The number of anilines is 1. The molecule has 4 rings (SSSR count). The summed E-state index contributed by atoms with van der Waals surface area (Å²) in [7, 11) is 0. The Hall–Kier alpha value is -2.80. The molecule has 0 saturated carbocycles. The van der Waals surface area contributed by atoms with Crippen molar-refractivity contribution >= 4 is 43.4 Å². The van der Waals surface area contributed by atoms with Gasteiger partial charge < -0.3 is 10.3 Å². The molecule has 0 aliphatic rings. The zero-order valence-electron chi connectivity index (χ0n) is 12.5. The van der Waals surface area contributed by atoms with Crippen molar-refractivity contribution in [3.63, 3.8) is 0 Å². The van der Waals surface area contributed by atoms with Crippen LogP contribution in [0.15, 0.2) is 58.3 Å². The minimum Gasteiger partial charge on any atom is -0.364 e. The highest BCUT2D eigenvalue weighted by molar-refractivity contribution is 9.10. The molecule has 0 unspecified atom stereocenters. The van der Waals surface area contributed by atoms with E-state index in [1.165, 1.54) is 6.33 Å². The van der Waals surface area contributed by atoms with Gasteiger partial charge in [-0.15, -0.1) is 0 Å². The SMILES string of the molecule is O=c1[nH]ccc2nc(NCc3ccncn3)c3ccc(Br)cc3c12. The lowest BCUT2D eigenvalue weighted by Crippen LogP contribution is -2.09. The molecule has 24 heavy (non-hydrogen) atoms. The summed E-state index contributed by atoms with van der Waals surface area (Å²) in [6, 6.07) is 9.46. The van der Waals surface area contributed by atoms with Gasteiger partial charge in [-0.1, -0.05) is 15.9 Å². The highest BCUT2D eigenvalue weighted by atomic mass is 79.9. The smallest absolute Gasteiger partial charge is 0.258 e. The lowest BCUT2D eigenvalue weighted by molar-refractivity contribution is 1.00. The first-order chi connectivity index (χ1) is 11.7. The van der Waals surface area contributed by atoms with Gasteiger partial charge in [-0.3, -0.25) is 4.79 Å². The molecule has 0 amide bonds. The molecule has 7 heteroatoms. The highest BCUT2D eigenvalue weighted by Gasteiger charge is 2.11. The van der Waals surface area contributed by atoms with Crippen molar-refractivity contribution in [1.82, 2.24) is 19.9 Å². The van der Waals surface area contributed by atoms with Crippen LogP contribution in [0.4, 0.5) is 5.82 Å². The van der Waals surface area contributed by atoms with E-state index in [9.17, 15) is 4.79 Å². The van der Waals surface area contributed by atoms with Gasteiger partial charge in [0.25, 0.3) is 5.56 Å². The second-order valence-electron chi connectivity index (χ2n) is 5.27. The average molecular weight is 382 g/mol. The van der Waals surface area contributed by atoms with E-state index < -0.39 is 0 Å². The standard InChI is InChI=1S/C17H12BrN5O/c18-10-1-2-12-13(7-10)15-14(4-6-20-17(15)24)23-16(12)21-8-11-3-5-19-9-22-11/h1-7,9H,8H2,(H,20,24)(H,21,23). The van der Waals surface area contributed by atoms with E-state index >= 15 is 0 Å². The fourth-order valence-corrected chi connectivity index (χ4v) is 3.02. The Morgan fingerprint density at radius 2 is 2.08 bits per heavy atom. The van der Waals surface area contributed by atoms with E-state index in [1.807, 2.05) is 24.3 Å². The van der Waals surface area contributed by atoms with Crippen LogP contribution in [0.25, 0.3) is 21.7 Å². The lowest BCUT2D eigenvalue weighted by atomic mass is 10.1. The second-order valence-corrected chi connectivity index (χ2v) is 6.19. The van der Waals surface area contributed by atoms with Crippen LogP contribution in [0.3, 0.4) is 0 Å². The molecule has 4 aromatic rings. The van der Waals surface area contributed by atoms with Crippen molar-refractivity contribution < 1.29 is 0 Å². The van der Waals surface area contributed by atoms with Gasteiger partial charge in [0.15, 0.2) is 0 Å². The molecule has 0 saturated heterocycles. The zero-order chi connectivity index (χ0) is 16.5. The summed E-state index contributed by atoms with van der Waals surface area (Å²) >= 11 is 3.47. The molecule has 1 aromatic carbocycles. The Labute approximate surface area is 145 Å². The molecule has 0 bridgehead atoms. The first-order valence-corrected chi connectivity index (χ1v) is 8.11. The number of H-pyrrole nitrogens is 1. The predicted octanol–water partition coefficient (Wildman–Crippen LogP) is 3.24. The van der Waals surface area contributed by atoms with E-state index in [2.05, 4.69) is 41.2 Å². The minimum atomic E-state index is -0.148. The fourth-order valence-electron chi connectivity index (χ4n) is 2.66. The number of fused-ring (bicyclic) bond motifs is 3.